The van der Waals surface area contributed by atoms with Gasteiger partial charge in [0.25, 0.3) is 0 Å². The predicted octanol–water partition coefficient (Wildman–Crippen LogP) is 4.79. The first kappa shape index (κ1) is 14.0. The van der Waals surface area contributed by atoms with Crippen molar-refractivity contribution in [2.24, 2.45) is 11.8 Å². The molecule has 1 spiro atoms. The quantitative estimate of drug-likeness (QED) is 0.726. The topological polar surface area (TPSA) is 18.5 Å². The summed E-state index contributed by atoms with van der Waals surface area (Å²) in [4.78, 5) is 0. The van der Waals surface area contributed by atoms with Crippen molar-refractivity contribution in [3.63, 3.8) is 0 Å². The number of hydrogen-bond acceptors (Lipinski definition) is 2. The molecule has 21 heavy (non-hydrogen) atoms. The summed E-state index contributed by atoms with van der Waals surface area (Å²) in [6, 6.07) is 8.73. The van der Waals surface area contributed by atoms with Gasteiger partial charge in [-0.3, -0.25) is 0 Å². The average Bonchev–Trinajstić information content (AvgIpc) is 2.96. The van der Waals surface area contributed by atoms with Crippen LogP contribution in [0.5, 0.6) is 0 Å². The van der Waals surface area contributed by atoms with Crippen LogP contribution in [-0.4, -0.2) is 19.0 Å². The van der Waals surface area contributed by atoms with Gasteiger partial charge in [-0.1, -0.05) is 34.1 Å². The Morgan fingerprint density at radius 3 is 2.57 bits per heavy atom. The minimum Gasteiger partial charge on any atom is -0.348 e. The van der Waals surface area contributed by atoms with E-state index in [1.165, 1.54) is 30.4 Å². The van der Waals surface area contributed by atoms with Crippen LogP contribution in [-0.2, 0) is 9.47 Å². The van der Waals surface area contributed by atoms with Gasteiger partial charge in [0.2, 0.25) is 0 Å². The van der Waals surface area contributed by atoms with E-state index in [9.17, 15) is 0 Å². The molecule has 0 radical (unpaired) electrons. The van der Waals surface area contributed by atoms with Crippen molar-refractivity contribution in [1.29, 1.82) is 0 Å². The van der Waals surface area contributed by atoms with Crippen LogP contribution in [0.25, 0.3) is 5.57 Å². The summed E-state index contributed by atoms with van der Waals surface area (Å²) in [5.41, 5.74) is 2.90. The van der Waals surface area contributed by atoms with Gasteiger partial charge in [0.05, 0.1) is 13.2 Å². The van der Waals surface area contributed by atoms with E-state index in [4.69, 9.17) is 9.47 Å². The maximum absolute atomic E-state index is 5.91. The molecule has 3 heteroatoms. The van der Waals surface area contributed by atoms with Gasteiger partial charge in [0.15, 0.2) is 5.79 Å². The lowest BCUT2D eigenvalue weighted by atomic mass is 9.69. The molecule has 2 atom stereocenters. The largest absolute Gasteiger partial charge is 0.348 e. The maximum Gasteiger partial charge on any atom is 0.168 e. The van der Waals surface area contributed by atoms with Crippen molar-refractivity contribution in [3.8, 4) is 0 Å². The summed E-state index contributed by atoms with van der Waals surface area (Å²) < 4.78 is 13.0. The van der Waals surface area contributed by atoms with E-state index in [0.717, 1.165) is 36.4 Å². The molecule has 1 aromatic rings. The number of ether oxygens (including phenoxy) is 2. The fourth-order valence-electron chi connectivity index (χ4n) is 4.16. The van der Waals surface area contributed by atoms with Crippen LogP contribution in [0, 0.1) is 11.8 Å². The van der Waals surface area contributed by atoms with Crippen molar-refractivity contribution in [3.05, 3.63) is 40.4 Å². The molecule has 2 aliphatic carbocycles. The number of allylic oxidation sites excluding steroid dienone is 2. The fourth-order valence-corrected chi connectivity index (χ4v) is 4.42. The van der Waals surface area contributed by atoms with E-state index in [1.54, 1.807) is 0 Å². The lowest BCUT2D eigenvalue weighted by molar-refractivity contribution is -0.192. The molecule has 1 saturated heterocycles. The monoisotopic (exact) mass is 348 g/mol. The van der Waals surface area contributed by atoms with E-state index in [0.29, 0.717) is 5.92 Å². The number of fused-ring (bicyclic) bond motifs is 1. The third kappa shape index (κ3) is 2.71. The molecule has 0 aromatic heterocycles. The summed E-state index contributed by atoms with van der Waals surface area (Å²) >= 11 is 3.51. The Morgan fingerprint density at radius 2 is 1.81 bits per heavy atom. The molecule has 0 bridgehead atoms. The Hall–Kier alpha value is -0.640. The first-order valence-corrected chi connectivity index (χ1v) is 8.78. The zero-order valence-electron chi connectivity index (χ0n) is 12.2. The van der Waals surface area contributed by atoms with Crippen LogP contribution in [0.3, 0.4) is 0 Å². The van der Waals surface area contributed by atoms with Gasteiger partial charge in [-0.2, -0.15) is 0 Å². The Morgan fingerprint density at radius 1 is 1.05 bits per heavy atom. The number of rotatable bonds is 1. The lowest BCUT2D eigenvalue weighted by Gasteiger charge is -2.42. The van der Waals surface area contributed by atoms with E-state index < -0.39 is 0 Å². The second-order valence-electron chi connectivity index (χ2n) is 6.51. The van der Waals surface area contributed by atoms with Crippen molar-refractivity contribution in [2.45, 2.75) is 37.9 Å². The van der Waals surface area contributed by atoms with Crippen LogP contribution in [0.4, 0.5) is 0 Å². The van der Waals surface area contributed by atoms with Gasteiger partial charge < -0.3 is 9.47 Å². The highest BCUT2D eigenvalue weighted by Gasteiger charge is 2.45. The molecule has 2 nitrogen and oxygen atoms in total. The Bertz CT molecular complexity index is 543. The van der Waals surface area contributed by atoms with Crippen molar-refractivity contribution >= 4 is 21.5 Å². The fraction of sp³-hybridized carbons (Fsp3) is 0.556. The molecule has 0 unspecified atom stereocenters. The van der Waals surface area contributed by atoms with Gasteiger partial charge in [-0.05, 0) is 54.4 Å². The van der Waals surface area contributed by atoms with Crippen molar-refractivity contribution < 1.29 is 9.47 Å². The Balaban J connectivity index is 1.52. The highest BCUT2D eigenvalue weighted by molar-refractivity contribution is 9.10. The predicted molar refractivity (Wildman–Crippen MR) is 86.8 cm³/mol. The molecular formula is C18H21BrO2. The Kier molecular flexibility index (Phi) is 3.68. The van der Waals surface area contributed by atoms with Gasteiger partial charge >= 0.3 is 0 Å². The molecule has 0 N–H and O–H groups in total. The summed E-state index contributed by atoms with van der Waals surface area (Å²) in [7, 11) is 0. The van der Waals surface area contributed by atoms with E-state index >= 15 is 0 Å². The van der Waals surface area contributed by atoms with Crippen molar-refractivity contribution in [2.75, 3.05) is 13.2 Å². The second kappa shape index (κ2) is 5.53. The average molecular weight is 349 g/mol. The van der Waals surface area contributed by atoms with Crippen LogP contribution in [0.1, 0.15) is 37.7 Å². The standard InChI is InChI=1S/C18H21BrO2/c19-17-5-3-13(4-6-17)14-1-2-16-12-18(20-9-10-21-18)8-7-15(16)11-14/h3-6,11,15-16H,1-2,7-10,12H2/t15-,16+/m1/s1. The van der Waals surface area contributed by atoms with E-state index in [2.05, 4.69) is 46.3 Å². The van der Waals surface area contributed by atoms with Crippen LogP contribution in [0.15, 0.2) is 34.8 Å². The van der Waals surface area contributed by atoms with Crippen LogP contribution in [0.2, 0.25) is 0 Å². The summed E-state index contributed by atoms with van der Waals surface area (Å²) in [6.07, 6.45) is 8.31. The molecule has 0 amide bonds. The third-order valence-electron chi connectivity index (χ3n) is 5.27. The maximum atomic E-state index is 5.91. The van der Waals surface area contributed by atoms with Gasteiger partial charge in [-0.25, -0.2) is 0 Å². The highest BCUT2D eigenvalue weighted by Crippen LogP contribution is 2.47. The normalized spacial score (nSPS) is 31.0. The number of hydrogen-bond donors (Lipinski definition) is 0. The Labute approximate surface area is 134 Å². The molecule has 1 saturated carbocycles. The first-order valence-electron chi connectivity index (χ1n) is 7.99. The zero-order chi connectivity index (χ0) is 14.3. The lowest BCUT2D eigenvalue weighted by Crippen LogP contribution is -2.40. The summed E-state index contributed by atoms with van der Waals surface area (Å²) in [6.45, 7) is 1.55. The van der Waals surface area contributed by atoms with Crippen LogP contribution < -0.4 is 0 Å². The summed E-state index contributed by atoms with van der Waals surface area (Å²) in [5, 5.41) is 0. The molecule has 3 aliphatic rings. The smallest absolute Gasteiger partial charge is 0.168 e. The van der Waals surface area contributed by atoms with Crippen molar-refractivity contribution in [1.82, 2.24) is 0 Å². The van der Waals surface area contributed by atoms with E-state index in [1.807, 2.05) is 0 Å². The van der Waals surface area contributed by atoms with Gasteiger partial charge in [0, 0.05) is 17.3 Å². The SMILES string of the molecule is Brc1ccc(C2=C[C@H]3CCC4(C[C@@H]3CC2)OCCO4)cc1. The molecule has 4 rings (SSSR count). The van der Waals surface area contributed by atoms with Gasteiger partial charge in [-0.15, -0.1) is 0 Å². The second-order valence-corrected chi connectivity index (χ2v) is 7.43. The molecule has 2 fully saturated rings. The van der Waals surface area contributed by atoms with E-state index in [-0.39, 0.29) is 5.79 Å². The minimum absolute atomic E-state index is 0.232. The highest BCUT2D eigenvalue weighted by atomic mass is 79.9. The molecule has 1 heterocycles. The minimum atomic E-state index is -0.232. The molecule has 1 aliphatic heterocycles. The number of benzene rings is 1. The third-order valence-corrected chi connectivity index (χ3v) is 5.79. The molecular weight excluding hydrogens is 328 g/mol. The molecule has 1 aromatic carbocycles. The van der Waals surface area contributed by atoms with Gasteiger partial charge in [0.1, 0.15) is 0 Å². The molecule has 112 valence electrons. The van der Waals surface area contributed by atoms with Crippen LogP contribution >= 0.6 is 15.9 Å². The number of halogens is 1. The first-order chi connectivity index (χ1) is 10.2. The zero-order valence-corrected chi connectivity index (χ0v) is 13.8. The summed E-state index contributed by atoms with van der Waals surface area (Å²) in [5.74, 6) is 1.20.